The molecule has 1 amide bonds. The molecule has 0 aromatic heterocycles. The zero-order valence-corrected chi connectivity index (χ0v) is 17.1. The Kier molecular flexibility index (Phi) is 8.54. The van der Waals surface area contributed by atoms with Gasteiger partial charge in [0.2, 0.25) is 5.91 Å². The minimum absolute atomic E-state index is 0. The highest BCUT2D eigenvalue weighted by Crippen LogP contribution is 2.26. The van der Waals surface area contributed by atoms with Gasteiger partial charge in [-0.1, -0.05) is 31.4 Å². The summed E-state index contributed by atoms with van der Waals surface area (Å²) in [6.07, 6.45) is 5.02. The first-order chi connectivity index (χ1) is 12.5. The minimum atomic E-state index is -3.14. The first kappa shape index (κ1) is 22.1. The maximum atomic E-state index is 12.6. The maximum Gasteiger partial charge on any atom is 0.226 e. The molecule has 0 bridgehead atoms. The van der Waals surface area contributed by atoms with Crippen LogP contribution >= 0.6 is 12.4 Å². The number of nitrogens with one attached hydrogen (secondary N) is 2. The van der Waals surface area contributed by atoms with Gasteiger partial charge in [0.15, 0.2) is 9.84 Å². The number of hydrogen-bond acceptors (Lipinski definition) is 5. The summed E-state index contributed by atoms with van der Waals surface area (Å²) in [6.45, 7) is 1.97. The molecular weight excluding hydrogens is 388 g/mol. The van der Waals surface area contributed by atoms with Gasteiger partial charge >= 0.3 is 0 Å². The van der Waals surface area contributed by atoms with Crippen LogP contribution in [0.2, 0.25) is 0 Å². The van der Waals surface area contributed by atoms with Crippen LogP contribution in [0, 0.1) is 0 Å². The van der Waals surface area contributed by atoms with Crippen molar-refractivity contribution in [2.24, 2.45) is 0 Å². The number of amides is 1. The number of halogens is 1. The van der Waals surface area contributed by atoms with E-state index in [1.54, 1.807) is 18.2 Å². The van der Waals surface area contributed by atoms with Crippen molar-refractivity contribution in [2.75, 3.05) is 25.1 Å². The van der Waals surface area contributed by atoms with Crippen molar-refractivity contribution in [2.45, 2.75) is 55.6 Å². The molecule has 8 heteroatoms. The van der Waals surface area contributed by atoms with Gasteiger partial charge < -0.3 is 15.4 Å². The number of ether oxygens (including phenoxy) is 1. The summed E-state index contributed by atoms with van der Waals surface area (Å²) < 4.78 is 30.6. The Bertz CT molecular complexity index is 714. The van der Waals surface area contributed by atoms with Crippen molar-refractivity contribution in [1.82, 2.24) is 5.32 Å². The van der Waals surface area contributed by atoms with E-state index in [-0.39, 0.29) is 35.4 Å². The van der Waals surface area contributed by atoms with Gasteiger partial charge in [-0.15, -0.1) is 12.4 Å². The molecule has 1 heterocycles. The van der Waals surface area contributed by atoms with Gasteiger partial charge in [0.05, 0.1) is 24.2 Å². The second kappa shape index (κ2) is 10.4. The van der Waals surface area contributed by atoms with Crippen LogP contribution in [0.5, 0.6) is 0 Å². The van der Waals surface area contributed by atoms with Gasteiger partial charge in [-0.25, -0.2) is 8.42 Å². The molecule has 0 radical (unpaired) electrons. The predicted molar refractivity (Wildman–Crippen MR) is 109 cm³/mol. The lowest BCUT2D eigenvalue weighted by molar-refractivity contribution is -0.117. The number of hydrogen-bond donors (Lipinski definition) is 2. The molecule has 6 nitrogen and oxygen atoms in total. The summed E-state index contributed by atoms with van der Waals surface area (Å²) in [5.41, 5.74) is 1.37. The Hall–Kier alpha value is -1.15. The predicted octanol–water partition coefficient (Wildman–Crippen LogP) is 2.67. The van der Waals surface area contributed by atoms with E-state index in [0.717, 1.165) is 44.2 Å². The molecule has 152 valence electrons. The third kappa shape index (κ3) is 6.75. The number of anilines is 1. The van der Waals surface area contributed by atoms with Crippen LogP contribution in [-0.4, -0.2) is 45.4 Å². The van der Waals surface area contributed by atoms with Crippen LogP contribution in [-0.2, 0) is 25.1 Å². The van der Waals surface area contributed by atoms with Crippen molar-refractivity contribution >= 4 is 33.8 Å². The molecule has 0 spiro atoms. The summed E-state index contributed by atoms with van der Waals surface area (Å²) in [4.78, 5) is 12.2. The maximum absolute atomic E-state index is 12.6. The summed E-state index contributed by atoms with van der Waals surface area (Å²) in [5.74, 6) is -0.0559. The molecule has 1 unspecified atom stereocenters. The second-order valence-corrected chi connectivity index (χ2v) is 9.53. The zero-order valence-electron chi connectivity index (χ0n) is 15.5. The average Bonchev–Trinajstić information content (AvgIpc) is 2.63. The normalized spacial score (nSPS) is 21.3. The Morgan fingerprint density at radius 2 is 2.00 bits per heavy atom. The van der Waals surface area contributed by atoms with Crippen LogP contribution in [0.4, 0.5) is 5.69 Å². The van der Waals surface area contributed by atoms with Crippen LogP contribution in [0.3, 0.4) is 0 Å². The summed E-state index contributed by atoms with van der Waals surface area (Å²) in [5, 5.41) is 5.90. The Morgan fingerprint density at radius 1 is 1.22 bits per heavy atom. The van der Waals surface area contributed by atoms with Gasteiger partial charge in [0.25, 0.3) is 0 Å². The van der Waals surface area contributed by atoms with Crippen LogP contribution in [0.15, 0.2) is 24.3 Å². The second-order valence-electron chi connectivity index (χ2n) is 7.25. The number of carbonyl (C=O) groups is 1. The Balaban J connectivity index is 0.00000261. The quantitative estimate of drug-likeness (QED) is 0.744. The van der Waals surface area contributed by atoms with Crippen LogP contribution in [0.25, 0.3) is 0 Å². The lowest BCUT2D eigenvalue weighted by Gasteiger charge is -2.23. The molecule has 1 aliphatic heterocycles. The molecule has 1 atom stereocenters. The summed E-state index contributed by atoms with van der Waals surface area (Å²) >= 11 is 0. The molecule has 3 rings (SSSR count). The Labute approximate surface area is 167 Å². The summed E-state index contributed by atoms with van der Waals surface area (Å²) in [7, 11) is -3.14. The van der Waals surface area contributed by atoms with E-state index in [1.165, 1.54) is 0 Å². The number of carbonyl (C=O) groups excluding carboxylic acids is 1. The molecule has 27 heavy (non-hydrogen) atoms. The summed E-state index contributed by atoms with van der Waals surface area (Å²) in [6, 6.07) is 7.19. The van der Waals surface area contributed by atoms with Gasteiger partial charge in [0, 0.05) is 24.7 Å². The van der Waals surface area contributed by atoms with Crippen molar-refractivity contribution in [3.63, 3.8) is 0 Å². The molecule has 1 saturated heterocycles. The SMILES string of the molecule is Cl.O=C(CC1COCCN1)Nc1cccc(CS(=O)(=O)C2CCCCC2)c1. The number of benzene rings is 1. The van der Waals surface area contributed by atoms with Crippen molar-refractivity contribution in [1.29, 1.82) is 0 Å². The molecule has 2 fully saturated rings. The highest BCUT2D eigenvalue weighted by Gasteiger charge is 2.27. The third-order valence-corrected chi connectivity index (χ3v) is 7.29. The average molecular weight is 417 g/mol. The van der Waals surface area contributed by atoms with E-state index in [2.05, 4.69) is 10.6 Å². The molecule has 1 aromatic rings. The van der Waals surface area contributed by atoms with E-state index in [9.17, 15) is 13.2 Å². The smallest absolute Gasteiger partial charge is 0.226 e. The molecule has 2 aliphatic rings. The van der Waals surface area contributed by atoms with Crippen LogP contribution in [0.1, 0.15) is 44.1 Å². The van der Waals surface area contributed by atoms with E-state index >= 15 is 0 Å². The fourth-order valence-corrected chi connectivity index (χ4v) is 5.63. The van der Waals surface area contributed by atoms with Gasteiger partial charge in [-0.3, -0.25) is 4.79 Å². The van der Waals surface area contributed by atoms with E-state index in [4.69, 9.17) is 4.74 Å². The highest BCUT2D eigenvalue weighted by molar-refractivity contribution is 7.91. The fraction of sp³-hybridized carbons (Fsp3) is 0.632. The first-order valence-corrected chi connectivity index (χ1v) is 11.2. The largest absolute Gasteiger partial charge is 0.378 e. The van der Waals surface area contributed by atoms with Crippen molar-refractivity contribution < 1.29 is 17.9 Å². The van der Waals surface area contributed by atoms with E-state index < -0.39 is 9.84 Å². The van der Waals surface area contributed by atoms with Gasteiger partial charge in [-0.05, 0) is 30.5 Å². The van der Waals surface area contributed by atoms with E-state index in [0.29, 0.717) is 25.3 Å². The van der Waals surface area contributed by atoms with Crippen LogP contribution < -0.4 is 10.6 Å². The Morgan fingerprint density at radius 3 is 2.70 bits per heavy atom. The van der Waals surface area contributed by atoms with Gasteiger partial charge in [-0.2, -0.15) is 0 Å². The number of morpholine rings is 1. The fourth-order valence-electron chi connectivity index (χ4n) is 3.70. The van der Waals surface area contributed by atoms with Crippen molar-refractivity contribution in [3.05, 3.63) is 29.8 Å². The lowest BCUT2D eigenvalue weighted by atomic mass is 10.0. The molecule has 1 aromatic carbocycles. The molecular formula is C19H29ClN2O4S. The third-order valence-electron chi connectivity index (χ3n) is 5.07. The zero-order chi connectivity index (χ0) is 18.4. The standard InChI is InChI=1S/C19H28N2O4S.ClH/c22-19(12-17-13-25-10-9-20-17)21-16-6-4-5-15(11-16)14-26(23,24)18-7-2-1-3-8-18;/h4-6,11,17-18,20H,1-3,7-10,12-14H2,(H,21,22);1H. The van der Waals surface area contributed by atoms with Gasteiger partial charge in [0.1, 0.15) is 0 Å². The monoisotopic (exact) mass is 416 g/mol. The van der Waals surface area contributed by atoms with E-state index in [1.807, 2.05) is 6.07 Å². The van der Waals surface area contributed by atoms with Crippen molar-refractivity contribution in [3.8, 4) is 0 Å². The minimum Gasteiger partial charge on any atom is -0.378 e. The molecule has 1 aliphatic carbocycles. The molecule has 2 N–H and O–H groups in total. The highest BCUT2D eigenvalue weighted by atomic mass is 35.5. The number of rotatable bonds is 6. The lowest BCUT2D eigenvalue weighted by Crippen LogP contribution is -2.43. The first-order valence-electron chi connectivity index (χ1n) is 9.44. The number of sulfone groups is 1. The molecule has 1 saturated carbocycles. The topological polar surface area (TPSA) is 84.5 Å².